The van der Waals surface area contributed by atoms with E-state index in [4.69, 9.17) is 0 Å². The van der Waals surface area contributed by atoms with Crippen molar-refractivity contribution in [2.24, 2.45) is 0 Å². The quantitative estimate of drug-likeness (QED) is 0.578. The van der Waals surface area contributed by atoms with Crippen LogP contribution in [0.2, 0.25) is 0 Å². The van der Waals surface area contributed by atoms with Gasteiger partial charge in [0.05, 0.1) is 0 Å². The van der Waals surface area contributed by atoms with Gasteiger partial charge in [0.15, 0.2) is 0 Å². The maximum absolute atomic E-state index is 3.39. The second kappa shape index (κ2) is 3.75. The minimum atomic E-state index is 1.24. The topological polar surface area (TPSA) is 0 Å². The maximum Gasteiger partial charge on any atom is -0.0150 e. The first-order valence-corrected chi connectivity index (χ1v) is 4.93. The lowest BCUT2D eigenvalue weighted by Gasteiger charge is -1.91. The maximum atomic E-state index is 3.39. The summed E-state index contributed by atoms with van der Waals surface area (Å²) >= 11 is 0. The zero-order valence-corrected chi connectivity index (χ0v) is 7.47. The molecule has 12 heavy (non-hydrogen) atoms. The van der Waals surface area contributed by atoms with Crippen LogP contribution in [-0.4, -0.2) is 0 Å². The summed E-state index contributed by atoms with van der Waals surface area (Å²) in [7, 11) is 0. The summed E-state index contributed by atoms with van der Waals surface area (Å²) in [5.74, 6) is 0. The third-order valence-electron chi connectivity index (χ3n) is 2.56. The van der Waals surface area contributed by atoms with E-state index in [-0.39, 0.29) is 0 Å². The van der Waals surface area contributed by atoms with E-state index in [9.17, 15) is 0 Å². The van der Waals surface area contributed by atoms with Gasteiger partial charge in [-0.2, -0.15) is 0 Å². The van der Waals surface area contributed by atoms with Gasteiger partial charge >= 0.3 is 0 Å². The van der Waals surface area contributed by atoms with Crippen LogP contribution in [0, 0.1) is 6.08 Å². The van der Waals surface area contributed by atoms with E-state index in [1.807, 2.05) is 0 Å². The van der Waals surface area contributed by atoms with Crippen molar-refractivity contribution < 1.29 is 0 Å². The van der Waals surface area contributed by atoms with Crippen molar-refractivity contribution in [3.05, 3.63) is 35.5 Å². The molecule has 0 amide bonds. The Morgan fingerprint density at radius 2 is 1.92 bits per heavy atom. The first kappa shape index (κ1) is 7.85. The van der Waals surface area contributed by atoms with E-state index in [0.29, 0.717) is 0 Å². The molecule has 0 spiro atoms. The molecule has 63 valence electrons. The van der Waals surface area contributed by atoms with E-state index in [1.165, 1.54) is 49.7 Å². The number of allylic oxidation sites excluding steroid dienone is 6. The fourth-order valence-corrected chi connectivity index (χ4v) is 1.81. The second-order valence-electron chi connectivity index (χ2n) is 3.58. The monoisotopic (exact) mass is 159 g/mol. The molecule has 0 aliphatic heterocycles. The smallest absolute Gasteiger partial charge is 0.0150 e. The molecule has 0 heterocycles. The lowest BCUT2D eigenvalue weighted by molar-refractivity contribution is 0.909. The standard InChI is InChI=1S/C12H15/c1-2-6-11(5-1)9-10-12-7-3-4-8-12/h5,7,9H,1-4,6,8H2. The predicted molar refractivity (Wildman–Crippen MR) is 51.7 cm³/mol. The summed E-state index contributed by atoms with van der Waals surface area (Å²) in [6, 6.07) is 0. The summed E-state index contributed by atoms with van der Waals surface area (Å²) in [6.45, 7) is 0. The van der Waals surface area contributed by atoms with Crippen LogP contribution in [0.3, 0.4) is 0 Å². The van der Waals surface area contributed by atoms with Gasteiger partial charge in [0.25, 0.3) is 0 Å². The van der Waals surface area contributed by atoms with E-state index in [1.54, 1.807) is 0 Å². The average molecular weight is 159 g/mol. The molecule has 2 aliphatic carbocycles. The molecule has 0 heteroatoms. The van der Waals surface area contributed by atoms with Crippen LogP contribution in [0.1, 0.15) is 38.5 Å². The van der Waals surface area contributed by atoms with Crippen LogP contribution < -0.4 is 0 Å². The van der Waals surface area contributed by atoms with Crippen molar-refractivity contribution in [1.29, 1.82) is 0 Å². The van der Waals surface area contributed by atoms with Gasteiger partial charge in [-0.1, -0.05) is 23.8 Å². The predicted octanol–water partition coefficient (Wildman–Crippen LogP) is 3.57. The Bertz CT molecular complexity index is 215. The highest BCUT2D eigenvalue weighted by Gasteiger charge is 2.03. The molecule has 2 aliphatic rings. The number of hydrogen-bond donors (Lipinski definition) is 0. The molecule has 0 saturated heterocycles. The van der Waals surface area contributed by atoms with Gasteiger partial charge in [-0.15, -0.1) is 0 Å². The lowest BCUT2D eigenvalue weighted by atomic mass is 10.1. The highest BCUT2D eigenvalue weighted by molar-refractivity contribution is 5.26. The molecule has 1 radical (unpaired) electrons. The van der Waals surface area contributed by atoms with E-state index < -0.39 is 0 Å². The largest absolute Gasteiger partial charge is 0.0813 e. The molecule has 0 fully saturated rings. The minimum absolute atomic E-state index is 1.24. The van der Waals surface area contributed by atoms with Crippen LogP contribution in [0.15, 0.2) is 29.4 Å². The average Bonchev–Trinajstić information content (AvgIpc) is 2.74. The molecule has 0 unspecified atom stereocenters. The number of rotatable bonds is 2. The van der Waals surface area contributed by atoms with Gasteiger partial charge in [-0.3, -0.25) is 0 Å². The van der Waals surface area contributed by atoms with Crippen molar-refractivity contribution >= 4 is 0 Å². The summed E-state index contributed by atoms with van der Waals surface area (Å²) in [4.78, 5) is 0. The van der Waals surface area contributed by atoms with E-state index in [0.717, 1.165) is 0 Å². The van der Waals surface area contributed by atoms with Crippen LogP contribution in [-0.2, 0) is 0 Å². The van der Waals surface area contributed by atoms with Crippen LogP contribution in [0.4, 0.5) is 0 Å². The van der Waals surface area contributed by atoms with Crippen LogP contribution in [0.25, 0.3) is 0 Å². The first-order chi connectivity index (χ1) is 5.95. The molecule has 0 atom stereocenters. The molecule has 0 bridgehead atoms. The summed E-state index contributed by atoms with van der Waals surface area (Å²) in [5.41, 5.74) is 2.91. The Hall–Kier alpha value is -0.780. The van der Waals surface area contributed by atoms with Gasteiger partial charge in [-0.25, -0.2) is 0 Å². The molecule has 0 N–H and O–H groups in total. The Morgan fingerprint density at radius 3 is 2.58 bits per heavy atom. The molecule has 0 aromatic rings. The van der Waals surface area contributed by atoms with Gasteiger partial charge in [0.1, 0.15) is 0 Å². The van der Waals surface area contributed by atoms with E-state index in [2.05, 4.69) is 24.3 Å². The Morgan fingerprint density at radius 1 is 1.08 bits per heavy atom. The summed E-state index contributed by atoms with van der Waals surface area (Å²) in [5, 5.41) is 0. The molecular formula is C12H15. The molecule has 0 saturated carbocycles. The molecule has 0 aromatic heterocycles. The third kappa shape index (κ3) is 1.88. The van der Waals surface area contributed by atoms with Gasteiger partial charge in [-0.05, 0) is 50.2 Å². The first-order valence-electron chi connectivity index (χ1n) is 4.93. The zero-order chi connectivity index (χ0) is 8.23. The second-order valence-corrected chi connectivity index (χ2v) is 3.58. The Balaban J connectivity index is 1.92. The fraction of sp³-hybridized carbons (Fsp3) is 0.500. The Kier molecular flexibility index (Phi) is 2.45. The summed E-state index contributed by atoms with van der Waals surface area (Å²) in [6.07, 6.45) is 17.9. The van der Waals surface area contributed by atoms with Gasteiger partial charge in [0, 0.05) is 0 Å². The normalized spacial score (nSPS) is 23.3. The van der Waals surface area contributed by atoms with Gasteiger partial charge < -0.3 is 0 Å². The minimum Gasteiger partial charge on any atom is -0.0813 e. The highest BCUT2D eigenvalue weighted by atomic mass is 14.1. The van der Waals surface area contributed by atoms with Gasteiger partial charge in [0.2, 0.25) is 0 Å². The fourth-order valence-electron chi connectivity index (χ4n) is 1.81. The molecule has 0 aromatic carbocycles. The molecule has 2 rings (SSSR count). The van der Waals surface area contributed by atoms with Crippen molar-refractivity contribution in [2.75, 3.05) is 0 Å². The van der Waals surface area contributed by atoms with Crippen molar-refractivity contribution in [1.82, 2.24) is 0 Å². The SMILES string of the molecule is [C](=C\C1=CCCC1)/C1=CCCC1. The van der Waals surface area contributed by atoms with E-state index >= 15 is 0 Å². The third-order valence-corrected chi connectivity index (χ3v) is 2.56. The van der Waals surface area contributed by atoms with Crippen molar-refractivity contribution in [2.45, 2.75) is 38.5 Å². The molecule has 0 nitrogen and oxygen atoms in total. The van der Waals surface area contributed by atoms with Crippen molar-refractivity contribution in [3.63, 3.8) is 0 Å². The Labute approximate surface area is 74.7 Å². The number of hydrogen-bond acceptors (Lipinski definition) is 0. The zero-order valence-electron chi connectivity index (χ0n) is 7.47. The summed E-state index contributed by atoms with van der Waals surface area (Å²) < 4.78 is 0. The van der Waals surface area contributed by atoms with Crippen LogP contribution in [0.5, 0.6) is 0 Å². The lowest BCUT2D eigenvalue weighted by Crippen LogP contribution is -1.73. The highest BCUT2D eigenvalue weighted by Crippen LogP contribution is 2.22. The molecular weight excluding hydrogens is 144 g/mol. The van der Waals surface area contributed by atoms with Crippen LogP contribution >= 0.6 is 0 Å². The van der Waals surface area contributed by atoms with Crippen molar-refractivity contribution in [3.8, 4) is 0 Å².